The molecule has 3 unspecified atom stereocenters. The minimum Gasteiger partial charge on any atom is -0.508 e. The number of likely N-dealkylation sites (tertiary alicyclic amines) is 1. The molecule has 2 aromatic rings. The Morgan fingerprint density at radius 3 is 2.37 bits per heavy atom. The van der Waals surface area contributed by atoms with Crippen molar-refractivity contribution >= 4 is 23.7 Å². The number of aromatic hydroxyl groups is 1. The van der Waals surface area contributed by atoms with E-state index >= 15 is 0 Å². The summed E-state index contributed by atoms with van der Waals surface area (Å²) in [5.74, 6) is -1.07. The van der Waals surface area contributed by atoms with Crippen LogP contribution in [0.5, 0.6) is 5.75 Å². The van der Waals surface area contributed by atoms with Crippen molar-refractivity contribution in [3.05, 3.63) is 65.7 Å². The van der Waals surface area contributed by atoms with Gasteiger partial charge in [0, 0.05) is 6.54 Å². The van der Waals surface area contributed by atoms with Crippen LogP contribution in [0.1, 0.15) is 37.8 Å². The molecule has 1 aliphatic heterocycles. The average molecular weight is 482 g/mol. The number of phenols is 1. The van der Waals surface area contributed by atoms with Crippen molar-refractivity contribution < 1.29 is 29.0 Å². The van der Waals surface area contributed by atoms with Crippen LogP contribution in [0.2, 0.25) is 0 Å². The molecule has 1 fully saturated rings. The molecule has 9 nitrogen and oxygen atoms in total. The summed E-state index contributed by atoms with van der Waals surface area (Å²) in [6.07, 6.45) is 0.801. The summed E-state index contributed by atoms with van der Waals surface area (Å²) < 4.78 is 5.36. The van der Waals surface area contributed by atoms with E-state index in [9.17, 15) is 24.3 Å². The molecule has 35 heavy (non-hydrogen) atoms. The molecular formula is C26H31N3O6. The molecule has 3 amide bonds. The summed E-state index contributed by atoms with van der Waals surface area (Å²) in [5, 5.41) is 14.7. The van der Waals surface area contributed by atoms with Crippen LogP contribution in [0.4, 0.5) is 4.79 Å². The number of rotatable bonds is 9. The second-order valence-electron chi connectivity index (χ2n) is 8.66. The molecular weight excluding hydrogens is 450 g/mol. The molecule has 1 aliphatic rings. The van der Waals surface area contributed by atoms with E-state index in [1.54, 1.807) is 12.1 Å². The number of benzene rings is 2. The average Bonchev–Trinajstić information content (AvgIpc) is 3.34. The fraction of sp³-hybridized carbons (Fsp3) is 0.385. The van der Waals surface area contributed by atoms with Gasteiger partial charge >= 0.3 is 6.09 Å². The maximum Gasteiger partial charge on any atom is 0.410 e. The third kappa shape index (κ3) is 7.30. The van der Waals surface area contributed by atoms with Crippen LogP contribution in [-0.4, -0.2) is 58.4 Å². The third-order valence-electron chi connectivity index (χ3n) is 5.93. The van der Waals surface area contributed by atoms with E-state index in [1.807, 2.05) is 30.3 Å². The molecule has 1 saturated heterocycles. The zero-order valence-corrected chi connectivity index (χ0v) is 19.9. The number of amides is 3. The summed E-state index contributed by atoms with van der Waals surface area (Å²) in [6.45, 7) is 3.41. The summed E-state index contributed by atoms with van der Waals surface area (Å²) in [4.78, 5) is 51.6. The smallest absolute Gasteiger partial charge is 0.410 e. The first-order chi connectivity index (χ1) is 16.7. The molecule has 2 aromatic carbocycles. The Kier molecular flexibility index (Phi) is 8.83. The lowest BCUT2D eigenvalue weighted by Crippen LogP contribution is -2.54. The van der Waals surface area contributed by atoms with Gasteiger partial charge in [-0.2, -0.15) is 0 Å². The minimum atomic E-state index is -0.910. The van der Waals surface area contributed by atoms with E-state index in [0.29, 0.717) is 19.4 Å². The van der Waals surface area contributed by atoms with Gasteiger partial charge in [-0.25, -0.2) is 4.79 Å². The molecule has 186 valence electrons. The third-order valence-corrected chi connectivity index (χ3v) is 5.93. The van der Waals surface area contributed by atoms with Crippen LogP contribution in [0, 0.1) is 0 Å². The molecule has 0 radical (unpaired) electrons. The Morgan fingerprint density at radius 1 is 1.03 bits per heavy atom. The highest BCUT2D eigenvalue weighted by atomic mass is 16.6. The Morgan fingerprint density at radius 2 is 1.71 bits per heavy atom. The SMILES string of the molecule is CC(=O)C(Cc1ccc(O)cc1)NC(=O)C(C)NC(=O)C1CCCN1C(=O)OCc1ccccc1. The van der Waals surface area contributed by atoms with Crippen LogP contribution >= 0.6 is 0 Å². The van der Waals surface area contributed by atoms with Crippen molar-refractivity contribution in [1.82, 2.24) is 15.5 Å². The first-order valence-corrected chi connectivity index (χ1v) is 11.6. The van der Waals surface area contributed by atoms with Crippen molar-refractivity contribution in [3.8, 4) is 5.75 Å². The number of nitrogens with one attached hydrogen (secondary N) is 2. The first kappa shape index (κ1) is 25.7. The number of Topliss-reactive ketones (excluding diaryl/α,β-unsaturated/α-hetero) is 1. The van der Waals surface area contributed by atoms with Gasteiger partial charge < -0.3 is 20.5 Å². The lowest BCUT2D eigenvalue weighted by molar-refractivity contribution is -0.132. The molecule has 0 spiro atoms. The van der Waals surface area contributed by atoms with Crippen LogP contribution in [0.3, 0.4) is 0 Å². The molecule has 0 bridgehead atoms. The number of phenolic OH excluding ortho intramolecular Hbond substituents is 1. The predicted molar refractivity (Wildman–Crippen MR) is 128 cm³/mol. The van der Waals surface area contributed by atoms with Crippen molar-refractivity contribution in [3.63, 3.8) is 0 Å². The maximum atomic E-state index is 12.9. The minimum absolute atomic E-state index is 0.108. The Labute approximate surface area is 204 Å². The van der Waals surface area contributed by atoms with E-state index in [0.717, 1.165) is 11.1 Å². The summed E-state index contributed by atoms with van der Waals surface area (Å²) in [7, 11) is 0. The largest absolute Gasteiger partial charge is 0.508 e. The number of nitrogens with zero attached hydrogens (tertiary/aromatic N) is 1. The second kappa shape index (κ2) is 12.0. The monoisotopic (exact) mass is 481 g/mol. The highest BCUT2D eigenvalue weighted by Crippen LogP contribution is 2.19. The second-order valence-corrected chi connectivity index (χ2v) is 8.66. The van der Waals surface area contributed by atoms with Crippen molar-refractivity contribution in [2.75, 3.05) is 6.54 Å². The molecule has 3 N–H and O–H groups in total. The first-order valence-electron chi connectivity index (χ1n) is 11.6. The summed E-state index contributed by atoms with van der Waals surface area (Å²) in [5.41, 5.74) is 1.62. The normalized spacial score (nSPS) is 16.7. The van der Waals surface area contributed by atoms with Crippen LogP contribution in [-0.2, 0) is 32.1 Å². The van der Waals surface area contributed by atoms with Crippen molar-refractivity contribution in [1.29, 1.82) is 0 Å². The van der Waals surface area contributed by atoms with E-state index in [-0.39, 0.29) is 24.6 Å². The van der Waals surface area contributed by atoms with E-state index in [4.69, 9.17) is 4.74 Å². The summed E-state index contributed by atoms with van der Waals surface area (Å²) >= 11 is 0. The lowest BCUT2D eigenvalue weighted by Gasteiger charge is -2.25. The fourth-order valence-electron chi connectivity index (χ4n) is 3.90. The van der Waals surface area contributed by atoms with Gasteiger partial charge in [-0.15, -0.1) is 0 Å². The van der Waals surface area contributed by atoms with Gasteiger partial charge in [-0.3, -0.25) is 19.3 Å². The van der Waals surface area contributed by atoms with Gasteiger partial charge in [0.1, 0.15) is 24.4 Å². The Hall–Kier alpha value is -3.88. The van der Waals surface area contributed by atoms with Crippen LogP contribution < -0.4 is 10.6 Å². The summed E-state index contributed by atoms with van der Waals surface area (Å²) in [6, 6.07) is 13.2. The highest BCUT2D eigenvalue weighted by molar-refractivity contribution is 5.93. The zero-order valence-electron chi connectivity index (χ0n) is 19.9. The molecule has 0 aromatic heterocycles. The molecule has 0 saturated carbocycles. The van der Waals surface area contributed by atoms with E-state index < -0.39 is 36.0 Å². The molecule has 1 heterocycles. The topological polar surface area (TPSA) is 125 Å². The maximum absolute atomic E-state index is 12.9. The van der Waals surface area contributed by atoms with Gasteiger partial charge in [0.05, 0.1) is 6.04 Å². The number of ether oxygens (including phenoxy) is 1. The quantitative estimate of drug-likeness (QED) is 0.505. The number of hydrogen-bond donors (Lipinski definition) is 3. The standard InChI is InChI=1S/C26H31N3O6/c1-17(24(32)28-22(18(2)30)15-19-10-12-21(31)13-11-19)27-25(33)23-9-6-14-29(23)26(34)35-16-20-7-4-3-5-8-20/h3-5,7-8,10-13,17,22-23,31H,6,9,14-16H2,1-2H3,(H,27,33)(H,28,32). The number of hydrogen-bond acceptors (Lipinski definition) is 6. The zero-order chi connectivity index (χ0) is 25.4. The fourth-order valence-corrected chi connectivity index (χ4v) is 3.90. The van der Waals surface area contributed by atoms with Crippen molar-refractivity contribution in [2.45, 2.75) is 57.8 Å². The number of carbonyl (C=O) groups is 4. The lowest BCUT2D eigenvalue weighted by atomic mass is 10.0. The van der Waals surface area contributed by atoms with Crippen LogP contribution in [0.25, 0.3) is 0 Å². The van der Waals surface area contributed by atoms with E-state index in [2.05, 4.69) is 10.6 Å². The molecule has 9 heteroatoms. The van der Waals surface area contributed by atoms with Gasteiger partial charge in [0.25, 0.3) is 0 Å². The Balaban J connectivity index is 1.53. The van der Waals surface area contributed by atoms with Crippen molar-refractivity contribution in [2.24, 2.45) is 0 Å². The van der Waals surface area contributed by atoms with Gasteiger partial charge in [0.15, 0.2) is 5.78 Å². The Bertz CT molecular complexity index is 1040. The van der Waals surface area contributed by atoms with Gasteiger partial charge in [-0.05, 0) is 56.4 Å². The molecule has 0 aliphatic carbocycles. The number of carbonyl (C=O) groups excluding carboxylic acids is 4. The predicted octanol–water partition coefficient (Wildman–Crippen LogP) is 2.31. The number of ketones is 1. The highest BCUT2D eigenvalue weighted by Gasteiger charge is 2.36. The van der Waals surface area contributed by atoms with E-state index in [1.165, 1.54) is 30.9 Å². The molecule has 3 rings (SSSR count). The van der Waals surface area contributed by atoms with Crippen LogP contribution in [0.15, 0.2) is 54.6 Å². The van der Waals surface area contributed by atoms with Gasteiger partial charge in [-0.1, -0.05) is 42.5 Å². The van der Waals surface area contributed by atoms with Gasteiger partial charge in [0.2, 0.25) is 11.8 Å². The molecule has 3 atom stereocenters.